The van der Waals surface area contributed by atoms with Crippen LogP contribution in [-0.2, 0) is 0 Å². The van der Waals surface area contributed by atoms with Crippen molar-refractivity contribution >= 4 is 97.1 Å². The first-order chi connectivity index (χ1) is 58.5. The Kier molecular flexibility index (Phi) is 17.2. The maximum absolute atomic E-state index is 7.09. The Morgan fingerprint density at radius 3 is 1.03 bits per heavy atom. The van der Waals surface area contributed by atoms with E-state index in [-0.39, 0.29) is 0 Å². The number of thiophene rings is 1. The summed E-state index contributed by atoms with van der Waals surface area (Å²) in [6.45, 7) is 0. The summed E-state index contributed by atoms with van der Waals surface area (Å²) in [7, 11) is 0. The molecule has 0 aliphatic heterocycles. The van der Waals surface area contributed by atoms with Crippen molar-refractivity contribution in [1.82, 2.24) is 39.0 Å². The van der Waals surface area contributed by atoms with Gasteiger partial charge in [-0.2, -0.15) is 0 Å². The van der Waals surface area contributed by atoms with Gasteiger partial charge in [-0.15, -0.1) is 11.3 Å². The minimum absolute atomic E-state index is 0.592. The first kappa shape index (κ1) is 69.1. The topological polar surface area (TPSA) is 100 Å². The molecule has 6 heterocycles. The van der Waals surface area contributed by atoms with Gasteiger partial charge in [0.05, 0.1) is 38.8 Å². The van der Waals surface area contributed by atoms with Gasteiger partial charge in [-0.25, -0.2) is 29.9 Å². The van der Waals surface area contributed by atoms with E-state index in [0.717, 1.165) is 127 Å². The fourth-order valence-corrected chi connectivity index (χ4v) is 18.4. The fourth-order valence-electron chi connectivity index (χ4n) is 17.0. The van der Waals surface area contributed by atoms with E-state index in [1.54, 1.807) is 0 Å². The van der Waals surface area contributed by atoms with Crippen molar-refractivity contribution in [2.45, 2.75) is 0 Å². The van der Waals surface area contributed by atoms with E-state index in [9.17, 15) is 0 Å². The molecule has 9 nitrogen and oxygen atoms in total. The molecule has 0 saturated carbocycles. The van der Waals surface area contributed by atoms with Crippen molar-refractivity contribution in [1.29, 1.82) is 0 Å². The van der Waals surface area contributed by atoms with Crippen LogP contribution in [0.15, 0.2) is 417 Å². The van der Waals surface area contributed by atoms with E-state index in [4.69, 9.17) is 34.3 Å². The molecule has 0 saturated heterocycles. The second kappa shape index (κ2) is 29.4. The average Bonchev–Trinajstić information content (AvgIpc) is 1.55. The summed E-state index contributed by atoms with van der Waals surface area (Å²) in [6, 6.07) is 144. The van der Waals surface area contributed by atoms with Crippen molar-refractivity contribution in [3.8, 4) is 135 Å². The van der Waals surface area contributed by atoms with Gasteiger partial charge >= 0.3 is 0 Å². The lowest BCUT2D eigenvalue weighted by molar-refractivity contribution is 0.674. The van der Waals surface area contributed by atoms with Crippen LogP contribution in [0, 0.1) is 0 Å². The summed E-state index contributed by atoms with van der Waals surface area (Å²) < 4.78 is 14.4. The van der Waals surface area contributed by atoms with Gasteiger partial charge in [-0.1, -0.05) is 352 Å². The molecule has 0 bridgehead atoms. The van der Waals surface area contributed by atoms with Gasteiger partial charge in [0.25, 0.3) is 0 Å². The predicted octanol–water partition coefficient (Wildman–Crippen LogP) is 28.5. The molecule has 17 aromatic carbocycles. The number of nitrogens with zero attached hydrogens (tertiary/aromatic N) is 8. The van der Waals surface area contributed by atoms with Crippen LogP contribution in [0.2, 0.25) is 0 Å². The first-order valence-corrected chi connectivity index (χ1v) is 40.5. The molecule has 10 heteroatoms. The van der Waals surface area contributed by atoms with Crippen molar-refractivity contribution < 1.29 is 4.42 Å². The molecular weight excluding hydrogens is 1460 g/mol. The standard InChI is InChI=1S/C57H36N4O.C51H32N4S/c1-4-16-37(17-5-1)39-30-32-41(33-31-39)56-58-55(40-20-8-3-9-21-40)59-57(60-56)48-25-11-13-29-50(48)61-49-28-12-10-24-47(49)52-51(61)35-34-46-45-27-15-26-44(53(45)62-54(46)52)43-23-14-22-42(36-43)38-18-6-2-7-19-38;1-4-15-33(16-5-1)34-27-29-37(30-28-34)50-52-49(36-19-8-3-9-20-36)53-51(54-50)42-22-11-13-26-44(42)55-43-25-12-10-21-41(43)46-45(55)32-31-40-39-24-14-23-38(47(39)56-48(40)46)35-17-6-2-7-18-35/h1-36H;1-32H. The number of benzene rings is 17. The Bertz CT molecular complexity index is 7760. The number of furan rings is 1. The number of hydrogen-bond acceptors (Lipinski definition) is 8. The molecule has 0 N–H and O–H groups in total. The van der Waals surface area contributed by atoms with Gasteiger partial charge in [0.2, 0.25) is 0 Å². The average molecular weight is 1530 g/mol. The Labute approximate surface area is 683 Å². The van der Waals surface area contributed by atoms with Crippen LogP contribution in [0.5, 0.6) is 0 Å². The SMILES string of the molecule is c1ccc(-c2ccc(-c3nc(-c4ccccc4)nc(-c4ccccc4-n4c5ccccc5c5c6oc7c(-c8cccc(-c9ccccc9)c8)cccc7c6ccc54)n3)cc2)cc1.c1ccc(-c2ccc(-c3nc(-c4ccccc4)nc(-c4ccccc4-n4c5ccccc5c5c6sc7c(-c8ccccc8)cccc7c6ccc54)n3)cc2)cc1. The van der Waals surface area contributed by atoms with Crippen LogP contribution >= 0.6 is 11.3 Å². The Morgan fingerprint density at radius 1 is 0.186 bits per heavy atom. The highest BCUT2D eigenvalue weighted by atomic mass is 32.1. The van der Waals surface area contributed by atoms with Gasteiger partial charge in [-0.05, 0) is 111 Å². The highest BCUT2D eigenvalue weighted by Crippen LogP contribution is 2.49. The third-order valence-corrected chi connectivity index (χ3v) is 23.8. The quantitative estimate of drug-likeness (QED) is 0.113. The molecule has 0 radical (unpaired) electrons. The fraction of sp³-hybridized carbons (Fsp3) is 0. The molecule has 6 aromatic heterocycles. The summed E-state index contributed by atoms with van der Waals surface area (Å²) in [5.41, 5.74) is 25.3. The van der Waals surface area contributed by atoms with Crippen molar-refractivity contribution in [2.24, 2.45) is 0 Å². The van der Waals surface area contributed by atoms with Crippen LogP contribution in [0.1, 0.15) is 0 Å². The van der Waals surface area contributed by atoms with Gasteiger partial charge in [-0.3, -0.25) is 0 Å². The van der Waals surface area contributed by atoms with Crippen LogP contribution in [0.3, 0.4) is 0 Å². The van der Waals surface area contributed by atoms with E-state index in [2.05, 4.69) is 361 Å². The van der Waals surface area contributed by atoms with Crippen LogP contribution < -0.4 is 0 Å². The van der Waals surface area contributed by atoms with Crippen LogP contribution in [0.4, 0.5) is 0 Å². The minimum Gasteiger partial charge on any atom is -0.455 e. The van der Waals surface area contributed by atoms with Crippen molar-refractivity contribution in [3.63, 3.8) is 0 Å². The molecular formula is C108H68N8OS. The second-order valence-electron chi connectivity index (χ2n) is 29.5. The largest absolute Gasteiger partial charge is 0.455 e. The maximum atomic E-state index is 7.09. The zero-order valence-electron chi connectivity index (χ0n) is 63.7. The Balaban J connectivity index is 0.000000143. The van der Waals surface area contributed by atoms with E-state index < -0.39 is 0 Å². The van der Waals surface area contributed by atoms with Crippen LogP contribution in [-0.4, -0.2) is 39.0 Å². The second-order valence-corrected chi connectivity index (χ2v) is 30.5. The summed E-state index contributed by atoms with van der Waals surface area (Å²) in [5, 5.41) is 9.38. The summed E-state index contributed by atoms with van der Waals surface area (Å²) >= 11 is 1.89. The van der Waals surface area contributed by atoms with Gasteiger partial charge in [0.1, 0.15) is 11.2 Å². The summed E-state index contributed by atoms with van der Waals surface area (Å²) in [5.74, 6) is 3.71. The molecule has 0 atom stereocenters. The number of fused-ring (bicyclic) bond motifs is 14. The van der Waals surface area contributed by atoms with Gasteiger partial charge in [0, 0.05) is 86.0 Å². The van der Waals surface area contributed by atoms with Crippen LogP contribution in [0.25, 0.3) is 221 Å². The molecule has 0 aliphatic carbocycles. The molecule has 0 aliphatic rings. The lowest BCUT2D eigenvalue weighted by Crippen LogP contribution is -2.03. The first-order valence-electron chi connectivity index (χ1n) is 39.6. The number of aromatic nitrogens is 8. The Morgan fingerprint density at radius 2 is 0.508 bits per heavy atom. The monoisotopic (exact) mass is 1520 g/mol. The third-order valence-electron chi connectivity index (χ3n) is 22.6. The van der Waals surface area contributed by atoms with Crippen molar-refractivity contribution in [2.75, 3.05) is 0 Å². The highest BCUT2D eigenvalue weighted by molar-refractivity contribution is 7.27. The molecule has 118 heavy (non-hydrogen) atoms. The lowest BCUT2D eigenvalue weighted by Gasteiger charge is -2.14. The van der Waals surface area contributed by atoms with E-state index in [1.165, 1.54) is 58.8 Å². The zero-order valence-corrected chi connectivity index (χ0v) is 64.5. The molecule has 0 fully saturated rings. The van der Waals surface area contributed by atoms with Gasteiger partial charge in [0.15, 0.2) is 34.9 Å². The minimum atomic E-state index is 0.592. The molecule has 0 unspecified atom stereocenters. The zero-order chi connectivity index (χ0) is 78.0. The smallest absolute Gasteiger partial charge is 0.166 e. The van der Waals surface area contributed by atoms with E-state index in [0.29, 0.717) is 34.9 Å². The summed E-state index contributed by atoms with van der Waals surface area (Å²) in [4.78, 5) is 30.9. The maximum Gasteiger partial charge on any atom is 0.166 e. The molecule has 0 spiro atoms. The highest BCUT2D eigenvalue weighted by Gasteiger charge is 2.26. The predicted molar refractivity (Wildman–Crippen MR) is 488 cm³/mol. The lowest BCUT2D eigenvalue weighted by atomic mass is 9.97. The normalized spacial score (nSPS) is 11.6. The number of hydrogen-bond donors (Lipinski definition) is 0. The van der Waals surface area contributed by atoms with Gasteiger partial charge < -0.3 is 13.6 Å². The Hall–Kier alpha value is -15.6. The van der Waals surface area contributed by atoms with Crippen molar-refractivity contribution in [3.05, 3.63) is 413 Å². The molecule has 23 aromatic rings. The summed E-state index contributed by atoms with van der Waals surface area (Å²) in [6.07, 6.45) is 0. The number of rotatable bonds is 13. The molecule has 23 rings (SSSR count). The number of para-hydroxylation sites is 5. The van der Waals surface area contributed by atoms with E-state index in [1.807, 2.05) is 72.0 Å². The molecule has 552 valence electrons. The van der Waals surface area contributed by atoms with E-state index >= 15 is 0 Å². The third kappa shape index (κ3) is 12.3. The molecule has 0 amide bonds.